The maximum Gasteiger partial charge on any atom is 0.261 e. The molecule has 0 bridgehead atoms. The quantitative estimate of drug-likeness (QED) is 0.515. The van der Waals surface area contributed by atoms with Crippen molar-refractivity contribution in [3.05, 3.63) is 69.7 Å². The molecule has 2 aromatic heterocycles. The van der Waals surface area contributed by atoms with Gasteiger partial charge in [0.15, 0.2) is 0 Å². The third-order valence-electron chi connectivity index (χ3n) is 6.03. The lowest BCUT2D eigenvalue weighted by Crippen LogP contribution is -2.27. The molecule has 0 radical (unpaired) electrons. The van der Waals surface area contributed by atoms with E-state index in [1.165, 1.54) is 6.21 Å². The van der Waals surface area contributed by atoms with Crippen LogP contribution in [0.5, 0.6) is 5.75 Å². The van der Waals surface area contributed by atoms with E-state index in [0.717, 1.165) is 41.8 Å². The molecule has 4 rings (SSSR count). The Bertz CT molecular complexity index is 1240. The fraction of sp³-hybridized carbons (Fsp3) is 0.360. The summed E-state index contributed by atoms with van der Waals surface area (Å²) in [6, 6.07) is 5.81. The number of ether oxygens (including phenoxy) is 2. The van der Waals surface area contributed by atoms with Gasteiger partial charge >= 0.3 is 0 Å². The number of hydrogen-bond donors (Lipinski definition) is 2. The number of aromatic nitrogens is 3. The van der Waals surface area contributed by atoms with Crippen LogP contribution in [0.1, 0.15) is 35.2 Å². The monoisotopic (exact) mass is 447 g/mol. The number of methoxy groups -OCH3 is 1. The van der Waals surface area contributed by atoms with Gasteiger partial charge in [0.05, 0.1) is 37.2 Å². The summed E-state index contributed by atoms with van der Waals surface area (Å²) in [4.78, 5) is 22.3. The lowest BCUT2D eigenvalue weighted by atomic mass is 9.98. The maximum absolute atomic E-state index is 13.3. The predicted molar refractivity (Wildman–Crippen MR) is 129 cm³/mol. The SMILES string of the molecule is CN/C=C(\C=N)c1ccc(Cc2cc3c(=O)n(CC4CCCO4)cnc3c(OC)c2C)cn1. The van der Waals surface area contributed by atoms with E-state index in [1.54, 1.807) is 37.4 Å². The Balaban J connectivity index is 1.70. The van der Waals surface area contributed by atoms with Crippen molar-refractivity contribution in [3.63, 3.8) is 0 Å². The zero-order chi connectivity index (χ0) is 23.4. The third kappa shape index (κ3) is 4.66. The fourth-order valence-electron chi connectivity index (χ4n) is 4.26. The van der Waals surface area contributed by atoms with Gasteiger partial charge < -0.3 is 20.2 Å². The zero-order valence-electron chi connectivity index (χ0n) is 19.2. The number of rotatable bonds is 8. The van der Waals surface area contributed by atoms with Crippen molar-refractivity contribution in [1.82, 2.24) is 19.9 Å². The van der Waals surface area contributed by atoms with Crippen LogP contribution in [0.2, 0.25) is 0 Å². The second-order valence-electron chi connectivity index (χ2n) is 8.19. The summed E-state index contributed by atoms with van der Waals surface area (Å²) < 4.78 is 13.0. The summed E-state index contributed by atoms with van der Waals surface area (Å²) in [5.74, 6) is 0.622. The molecule has 33 heavy (non-hydrogen) atoms. The van der Waals surface area contributed by atoms with E-state index in [1.807, 2.05) is 25.1 Å². The number of pyridine rings is 1. The second-order valence-corrected chi connectivity index (χ2v) is 8.19. The Morgan fingerprint density at radius 1 is 1.39 bits per heavy atom. The first kappa shape index (κ1) is 22.7. The molecule has 8 heteroatoms. The molecule has 1 atom stereocenters. The molecular formula is C25H29N5O3. The van der Waals surface area contributed by atoms with Gasteiger partial charge in [0, 0.05) is 37.8 Å². The smallest absolute Gasteiger partial charge is 0.261 e. The van der Waals surface area contributed by atoms with Crippen LogP contribution in [-0.4, -0.2) is 47.6 Å². The minimum Gasteiger partial charge on any atom is -0.494 e. The Morgan fingerprint density at radius 2 is 2.24 bits per heavy atom. The topological polar surface area (TPSA) is 102 Å². The van der Waals surface area contributed by atoms with Crippen molar-refractivity contribution >= 4 is 22.7 Å². The Morgan fingerprint density at radius 3 is 2.88 bits per heavy atom. The number of hydrogen-bond acceptors (Lipinski definition) is 7. The zero-order valence-corrected chi connectivity index (χ0v) is 19.2. The molecule has 172 valence electrons. The lowest BCUT2D eigenvalue weighted by Gasteiger charge is -2.16. The third-order valence-corrected chi connectivity index (χ3v) is 6.03. The first-order chi connectivity index (χ1) is 16.0. The fourth-order valence-corrected chi connectivity index (χ4v) is 4.26. The first-order valence-electron chi connectivity index (χ1n) is 11.1. The molecule has 1 saturated heterocycles. The summed E-state index contributed by atoms with van der Waals surface area (Å²) in [5.41, 5.74) is 4.85. The first-order valence-corrected chi connectivity index (χ1v) is 11.1. The van der Waals surface area contributed by atoms with Crippen LogP contribution in [0.15, 0.2) is 41.7 Å². The highest BCUT2D eigenvalue weighted by atomic mass is 16.5. The molecule has 0 aliphatic carbocycles. The molecule has 3 aromatic rings. The van der Waals surface area contributed by atoms with E-state index in [2.05, 4.69) is 15.3 Å². The summed E-state index contributed by atoms with van der Waals surface area (Å²) in [6.07, 6.45) is 9.04. The van der Waals surface area contributed by atoms with E-state index in [4.69, 9.17) is 14.9 Å². The molecule has 0 spiro atoms. The van der Waals surface area contributed by atoms with Crippen molar-refractivity contribution in [2.45, 2.75) is 38.8 Å². The van der Waals surface area contributed by atoms with Crippen molar-refractivity contribution in [2.24, 2.45) is 0 Å². The summed E-state index contributed by atoms with van der Waals surface area (Å²) in [7, 11) is 3.39. The van der Waals surface area contributed by atoms with Crippen molar-refractivity contribution in [2.75, 3.05) is 20.8 Å². The summed E-state index contributed by atoms with van der Waals surface area (Å²) in [5, 5.41) is 11.0. The van der Waals surface area contributed by atoms with Crippen LogP contribution >= 0.6 is 0 Å². The second kappa shape index (κ2) is 9.95. The molecular weight excluding hydrogens is 418 g/mol. The standard InChI is InChI=1S/C25H29N5O3/c1-16-18(9-17-6-7-22(28-12-17)19(11-26)13-27-2)10-21-23(24(16)32-3)29-15-30(25(21)31)14-20-5-4-8-33-20/h6-7,10-13,15,20,26-27H,4-5,8-9,14H2,1-3H3/b19-13+,26-11?. The van der Waals surface area contributed by atoms with Gasteiger partial charge in [0.25, 0.3) is 5.56 Å². The average molecular weight is 448 g/mol. The van der Waals surface area contributed by atoms with Crippen LogP contribution in [0.4, 0.5) is 0 Å². The Labute approximate surface area is 192 Å². The average Bonchev–Trinajstić information content (AvgIpc) is 3.34. The largest absolute Gasteiger partial charge is 0.494 e. The van der Waals surface area contributed by atoms with Crippen molar-refractivity contribution in [1.29, 1.82) is 5.41 Å². The number of nitrogens with one attached hydrogen (secondary N) is 2. The highest BCUT2D eigenvalue weighted by molar-refractivity contribution is 6.07. The molecule has 1 fully saturated rings. The highest BCUT2D eigenvalue weighted by Crippen LogP contribution is 2.30. The van der Waals surface area contributed by atoms with Gasteiger partial charge in [-0.3, -0.25) is 14.3 Å². The molecule has 1 aliphatic heterocycles. The molecule has 1 unspecified atom stereocenters. The van der Waals surface area contributed by atoms with Crippen LogP contribution in [0, 0.1) is 12.3 Å². The van der Waals surface area contributed by atoms with Gasteiger partial charge in [-0.1, -0.05) is 6.07 Å². The minimum atomic E-state index is -0.0867. The van der Waals surface area contributed by atoms with Gasteiger partial charge in [-0.05, 0) is 55.0 Å². The van der Waals surface area contributed by atoms with E-state index >= 15 is 0 Å². The minimum absolute atomic E-state index is 0.0566. The molecule has 2 N–H and O–H groups in total. The van der Waals surface area contributed by atoms with Gasteiger partial charge in [-0.25, -0.2) is 4.98 Å². The van der Waals surface area contributed by atoms with Gasteiger partial charge in [0.1, 0.15) is 11.3 Å². The molecule has 0 amide bonds. The van der Waals surface area contributed by atoms with Crippen molar-refractivity contribution < 1.29 is 9.47 Å². The van der Waals surface area contributed by atoms with Gasteiger partial charge in [-0.15, -0.1) is 0 Å². The van der Waals surface area contributed by atoms with E-state index in [0.29, 0.717) is 35.2 Å². The van der Waals surface area contributed by atoms with Crippen molar-refractivity contribution in [3.8, 4) is 5.75 Å². The molecule has 8 nitrogen and oxygen atoms in total. The Kier molecular flexibility index (Phi) is 6.84. The van der Waals surface area contributed by atoms with E-state index in [-0.39, 0.29) is 11.7 Å². The summed E-state index contributed by atoms with van der Waals surface area (Å²) >= 11 is 0. The Hall–Kier alpha value is -3.52. The number of nitrogens with zero attached hydrogens (tertiary/aromatic N) is 3. The summed E-state index contributed by atoms with van der Waals surface area (Å²) in [6.45, 7) is 3.24. The number of fused-ring (bicyclic) bond motifs is 1. The highest BCUT2D eigenvalue weighted by Gasteiger charge is 2.20. The van der Waals surface area contributed by atoms with Crippen LogP contribution < -0.4 is 15.6 Å². The maximum atomic E-state index is 13.3. The lowest BCUT2D eigenvalue weighted by molar-refractivity contribution is 0.0960. The van der Waals surface area contributed by atoms with E-state index in [9.17, 15) is 4.79 Å². The van der Waals surface area contributed by atoms with Gasteiger partial charge in [0.2, 0.25) is 0 Å². The van der Waals surface area contributed by atoms with E-state index < -0.39 is 0 Å². The molecule has 0 saturated carbocycles. The van der Waals surface area contributed by atoms with Gasteiger partial charge in [-0.2, -0.15) is 0 Å². The normalized spacial score (nSPS) is 16.2. The van der Waals surface area contributed by atoms with Crippen LogP contribution in [0.3, 0.4) is 0 Å². The molecule has 1 aliphatic rings. The van der Waals surface area contributed by atoms with Crippen LogP contribution in [-0.2, 0) is 17.7 Å². The predicted octanol–water partition coefficient (Wildman–Crippen LogP) is 3.09. The number of benzene rings is 1. The van der Waals surface area contributed by atoms with Crippen LogP contribution in [0.25, 0.3) is 16.5 Å². The number of allylic oxidation sites excluding steroid dienone is 1. The molecule has 1 aromatic carbocycles. The molecule has 3 heterocycles.